The average molecular weight is 246 g/mol. The third kappa shape index (κ3) is 3.04. The molecule has 4 nitrogen and oxygen atoms in total. The van der Waals surface area contributed by atoms with E-state index in [2.05, 4.69) is 5.32 Å². The van der Waals surface area contributed by atoms with Gasteiger partial charge in [0.1, 0.15) is 12.4 Å². The summed E-state index contributed by atoms with van der Waals surface area (Å²) in [7, 11) is 0. The number of hydrogen-bond acceptors (Lipinski definition) is 2. The van der Waals surface area contributed by atoms with E-state index in [4.69, 9.17) is 0 Å². The van der Waals surface area contributed by atoms with E-state index in [0.29, 0.717) is 5.69 Å². The van der Waals surface area contributed by atoms with Crippen LogP contribution < -0.4 is 10.9 Å². The summed E-state index contributed by atoms with van der Waals surface area (Å²) in [6.07, 6.45) is 1.01. The number of pyridine rings is 1. The van der Waals surface area contributed by atoms with Gasteiger partial charge in [-0.3, -0.25) is 9.59 Å². The van der Waals surface area contributed by atoms with Crippen molar-refractivity contribution in [1.82, 2.24) is 4.57 Å². The first kappa shape index (κ1) is 12.0. The molecule has 0 saturated carbocycles. The highest BCUT2D eigenvalue weighted by molar-refractivity contribution is 5.90. The number of para-hydroxylation sites is 1. The zero-order chi connectivity index (χ0) is 13.0. The van der Waals surface area contributed by atoms with Crippen LogP contribution in [-0.4, -0.2) is 10.5 Å². The molecule has 0 fully saturated rings. The van der Waals surface area contributed by atoms with Crippen molar-refractivity contribution >= 4 is 11.6 Å². The van der Waals surface area contributed by atoms with Gasteiger partial charge in [0.25, 0.3) is 5.56 Å². The Morgan fingerprint density at radius 2 is 1.89 bits per heavy atom. The molecule has 1 heterocycles. The molecule has 1 aromatic carbocycles. The fraction of sp³-hybridized carbons (Fsp3) is 0.0769. The molecule has 0 atom stereocenters. The minimum absolute atomic E-state index is 0.217. The maximum Gasteiger partial charge on any atom is 0.251 e. The summed E-state index contributed by atoms with van der Waals surface area (Å²) in [5.74, 6) is -0.934. The Morgan fingerprint density at radius 3 is 2.61 bits per heavy atom. The number of carbonyl (C=O) groups is 1. The Labute approximate surface area is 103 Å². The van der Waals surface area contributed by atoms with Crippen LogP contribution in [0.5, 0.6) is 0 Å². The van der Waals surface area contributed by atoms with Gasteiger partial charge in [0, 0.05) is 18.0 Å². The van der Waals surface area contributed by atoms with Crippen molar-refractivity contribution in [2.75, 3.05) is 5.32 Å². The molecule has 0 bridgehead atoms. The minimum atomic E-state index is -0.554. The van der Waals surface area contributed by atoms with Crippen LogP contribution in [0.4, 0.5) is 10.1 Å². The highest BCUT2D eigenvalue weighted by Crippen LogP contribution is 2.04. The maximum absolute atomic E-state index is 12.9. The first-order valence-corrected chi connectivity index (χ1v) is 5.36. The Morgan fingerprint density at radius 1 is 1.17 bits per heavy atom. The number of amides is 1. The molecular weight excluding hydrogens is 235 g/mol. The lowest BCUT2D eigenvalue weighted by molar-refractivity contribution is -0.116. The first-order valence-electron chi connectivity index (χ1n) is 5.36. The van der Waals surface area contributed by atoms with Gasteiger partial charge < -0.3 is 9.88 Å². The molecule has 2 rings (SSSR count). The topological polar surface area (TPSA) is 51.1 Å². The van der Waals surface area contributed by atoms with Crippen molar-refractivity contribution in [3.05, 3.63) is 64.8 Å². The van der Waals surface area contributed by atoms with Crippen LogP contribution in [0, 0.1) is 5.82 Å². The summed E-state index contributed by atoms with van der Waals surface area (Å²) in [5.41, 5.74) is 0.214. The van der Waals surface area contributed by atoms with Crippen LogP contribution in [0.1, 0.15) is 0 Å². The Bertz CT molecular complexity index is 608. The van der Waals surface area contributed by atoms with Crippen molar-refractivity contribution < 1.29 is 9.18 Å². The number of halogens is 1. The zero-order valence-corrected chi connectivity index (χ0v) is 9.47. The number of benzene rings is 1. The molecule has 0 spiro atoms. The normalized spacial score (nSPS) is 10.1. The van der Waals surface area contributed by atoms with Gasteiger partial charge in [0.15, 0.2) is 0 Å². The summed E-state index contributed by atoms with van der Waals surface area (Å²) in [6.45, 7) is -0.217. The van der Waals surface area contributed by atoms with E-state index in [0.717, 1.165) is 22.9 Å². The van der Waals surface area contributed by atoms with E-state index in [1.807, 2.05) is 6.07 Å². The van der Waals surface area contributed by atoms with E-state index < -0.39 is 11.4 Å². The molecule has 0 aliphatic heterocycles. The predicted octanol–water partition coefficient (Wildman–Crippen LogP) is 1.63. The standard InChI is InChI=1S/C13H11FN2O2/c14-10-6-7-13(18)16(8-10)9-12(17)15-11-4-2-1-3-5-11/h1-8H,9H2,(H,15,17). The number of aromatic nitrogens is 1. The first-order chi connectivity index (χ1) is 8.65. The van der Waals surface area contributed by atoms with Crippen molar-refractivity contribution in [3.8, 4) is 0 Å². The number of rotatable bonds is 3. The van der Waals surface area contributed by atoms with Crippen LogP contribution in [-0.2, 0) is 11.3 Å². The lowest BCUT2D eigenvalue weighted by atomic mass is 10.3. The SMILES string of the molecule is O=C(Cn1cc(F)ccc1=O)Nc1ccccc1. The Balaban J connectivity index is 2.08. The van der Waals surface area contributed by atoms with Crippen molar-refractivity contribution in [1.29, 1.82) is 0 Å². The van der Waals surface area contributed by atoms with E-state index in [-0.39, 0.29) is 12.5 Å². The van der Waals surface area contributed by atoms with Gasteiger partial charge in [-0.2, -0.15) is 0 Å². The molecule has 92 valence electrons. The fourth-order valence-corrected chi connectivity index (χ4v) is 1.50. The van der Waals surface area contributed by atoms with E-state index in [1.165, 1.54) is 0 Å². The summed E-state index contributed by atoms with van der Waals surface area (Å²) in [4.78, 5) is 23.0. The van der Waals surface area contributed by atoms with Gasteiger partial charge in [-0.25, -0.2) is 4.39 Å². The molecule has 0 unspecified atom stereocenters. The quantitative estimate of drug-likeness (QED) is 0.894. The number of hydrogen-bond donors (Lipinski definition) is 1. The molecule has 0 aliphatic rings. The monoisotopic (exact) mass is 246 g/mol. The zero-order valence-electron chi connectivity index (χ0n) is 9.47. The van der Waals surface area contributed by atoms with Gasteiger partial charge in [0.2, 0.25) is 5.91 Å². The van der Waals surface area contributed by atoms with E-state index in [1.54, 1.807) is 24.3 Å². The lowest BCUT2D eigenvalue weighted by Gasteiger charge is -2.07. The number of carbonyl (C=O) groups excluding carboxylic acids is 1. The van der Waals surface area contributed by atoms with Gasteiger partial charge in [-0.05, 0) is 18.2 Å². The van der Waals surface area contributed by atoms with Crippen molar-refractivity contribution in [3.63, 3.8) is 0 Å². The second-order valence-corrected chi connectivity index (χ2v) is 3.73. The number of nitrogens with one attached hydrogen (secondary N) is 1. The average Bonchev–Trinajstić information content (AvgIpc) is 2.35. The van der Waals surface area contributed by atoms with Crippen LogP contribution in [0.15, 0.2) is 53.5 Å². The van der Waals surface area contributed by atoms with E-state index >= 15 is 0 Å². The predicted molar refractivity (Wildman–Crippen MR) is 65.7 cm³/mol. The third-order valence-electron chi connectivity index (χ3n) is 2.32. The van der Waals surface area contributed by atoms with Gasteiger partial charge in [-0.15, -0.1) is 0 Å². The van der Waals surface area contributed by atoms with E-state index in [9.17, 15) is 14.0 Å². The molecule has 5 heteroatoms. The Hall–Kier alpha value is -2.43. The molecule has 2 aromatic rings. The van der Waals surface area contributed by atoms with Crippen molar-refractivity contribution in [2.24, 2.45) is 0 Å². The van der Waals surface area contributed by atoms with Gasteiger partial charge >= 0.3 is 0 Å². The molecule has 0 aliphatic carbocycles. The summed E-state index contributed by atoms with van der Waals surface area (Å²) in [6, 6.07) is 11.0. The molecule has 1 N–H and O–H groups in total. The molecule has 18 heavy (non-hydrogen) atoms. The summed E-state index contributed by atoms with van der Waals surface area (Å²) < 4.78 is 14.0. The summed E-state index contributed by atoms with van der Waals surface area (Å²) in [5, 5.41) is 2.62. The molecule has 0 saturated heterocycles. The van der Waals surface area contributed by atoms with Crippen LogP contribution in [0.25, 0.3) is 0 Å². The Kier molecular flexibility index (Phi) is 3.52. The smallest absolute Gasteiger partial charge is 0.251 e. The molecule has 1 aromatic heterocycles. The van der Waals surface area contributed by atoms with Crippen molar-refractivity contribution in [2.45, 2.75) is 6.54 Å². The van der Waals surface area contributed by atoms with Crippen LogP contribution >= 0.6 is 0 Å². The minimum Gasteiger partial charge on any atom is -0.325 e. The number of anilines is 1. The van der Waals surface area contributed by atoms with Crippen LogP contribution in [0.2, 0.25) is 0 Å². The highest BCUT2D eigenvalue weighted by Gasteiger charge is 2.05. The van der Waals surface area contributed by atoms with Gasteiger partial charge in [0.05, 0.1) is 0 Å². The molecular formula is C13H11FN2O2. The highest BCUT2D eigenvalue weighted by atomic mass is 19.1. The summed E-state index contributed by atoms with van der Waals surface area (Å²) >= 11 is 0. The second-order valence-electron chi connectivity index (χ2n) is 3.73. The number of nitrogens with zero attached hydrogens (tertiary/aromatic N) is 1. The fourth-order valence-electron chi connectivity index (χ4n) is 1.50. The van der Waals surface area contributed by atoms with Crippen LogP contribution in [0.3, 0.4) is 0 Å². The second kappa shape index (κ2) is 5.27. The largest absolute Gasteiger partial charge is 0.325 e. The lowest BCUT2D eigenvalue weighted by Crippen LogP contribution is -2.27. The molecule has 0 radical (unpaired) electrons. The van der Waals surface area contributed by atoms with Gasteiger partial charge in [-0.1, -0.05) is 18.2 Å². The third-order valence-corrected chi connectivity index (χ3v) is 2.32. The maximum atomic E-state index is 12.9. The molecule has 1 amide bonds.